The largest absolute Gasteiger partial charge is 0.374 e. The van der Waals surface area contributed by atoms with E-state index in [2.05, 4.69) is 53.6 Å². The van der Waals surface area contributed by atoms with Gasteiger partial charge in [0.1, 0.15) is 0 Å². The van der Waals surface area contributed by atoms with Crippen molar-refractivity contribution in [1.29, 1.82) is 0 Å². The Morgan fingerprint density at radius 3 is 2.88 bits per heavy atom. The number of morpholine rings is 1. The van der Waals surface area contributed by atoms with E-state index in [1.165, 1.54) is 11.3 Å². The maximum absolute atomic E-state index is 6.09. The van der Waals surface area contributed by atoms with Crippen LogP contribution < -0.4 is 5.32 Å². The summed E-state index contributed by atoms with van der Waals surface area (Å²) in [5.74, 6) is 0. The summed E-state index contributed by atoms with van der Waals surface area (Å²) in [6.07, 6.45) is 5.99. The van der Waals surface area contributed by atoms with Gasteiger partial charge in [-0.2, -0.15) is 10.2 Å². The highest BCUT2D eigenvalue weighted by Gasteiger charge is 2.33. The molecule has 3 rings (SSSR count). The van der Waals surface area contributed by atoms with E-state index in [-0.39, 0.29) is 18.2 Å². The number of nitrogens with one attached hydrogen (secondary N) is 1. The molecule has 0 amide bonds. The first-order valence-corrected chi connectivity index (χ1v) is 8.65. The highest BCUT2D eigenvalue weighted by Crippen LogP contribution is 2.28. The van der Waals surface area contributed by atoms with Crippen LogP contribution in [0, 0.1) is 0 Å². The van der Waals surface area contributed by atoms with E-state index in [1.54, 1.807) is 0 Å². The van der Waals surface area contributed by atoms with Gasteiger partial charge in [0.25, 0.3) is 0 Å². The van der Waals surface area contributed by atoms with Crippen LogP contribution in [-0.4, -0.2) is 57.3 Å². The zero-order chi connectivity index (χ0) is 17.1. The highest BCUT2D eigenvalue weighted by atomic mass is 16.5. The molecular weight excluding hydrogens is 304 g/mol. The van der Waals surface area contributed by atoms with Gasteiger partial charge in [0.2, 0.25) is 0 Å². The summed E-state index contributed by atoms with van der Waals surface area (Å²) in [7, 11) is 4.14. The van der Waals surface area contributed by atoms with Crippen LogP contribution in [0.1, 0.15) is 37.2 Å². The van der Waals surface area contributed by atoms with Crippen molar-refractivity contribution >= 4 is 0 Å². The topological polar surface area (TPSA) is 60.1 Å². The van der Waals surface area contributed by atoms with Crippen LogP contribution >= 0.6 is 0 Å². The fraction of sp³-hybridized carbons (Fsp3) is 0.647. The van der Waals surface area contributed by atoms with Crippen molar-refractivity contribution in [2.75, 3.05) is 26.7 Å². The molecule has 2 aromatic heterocycles. The van der Waals surface area contributed by atoms with Crippen LogP contribution in [0.15, 0.2) is 24.7 Å². The van der Waals surface area contributed by atoms with E-state index in [1.807, 2.05) is 28.8 Å². The molecule has 7 heteroatoms. The number of hydrogen-bond donors (Lipinski definition) is 1. The van der Waals surface area contributed by atoms with Crippen molar-refractivity contribution in [3.8, 4) is 0 Å². The van der Waals surface area contributed by atoms with Crippen molar-refractivity contribution < 1.29 is 4.74 Å². The molecule has 0 aliphatic carbocycles. The van der Waals surface area contributed by atoms with Gasteiger partial charge in [-0.05, 0) is 27.0 Å². The number of likely N-dealkylation sites (N-methyl/N-ethyl adjacent to an activating group) is 1. The van der Waals surface area contributed by atoms with Gasteiger partial charge in [0.05, 0.1) is 30.6 Å². The lowest BCUT2D eigenvalue weighted by Gasteiger charge is -2.39. The summed E-state index contributed by atoms with van der Waals surface area (Å²) in [5.41, 5.74) is 2.40. The maximum atomic E-state index is 6.09. The number of ether oxygens (including phenoxy) is 1. The van der Waals surface area contributed by atoms with E-state index in [9.17, 15) is 0 Å². The van der Waals surface area contributed by atoms with Crippen LogP contribution in [0.25, 0.3) is 0 Å². The van der Waals surface area contributed by atoms with Crippen molar-refractivity contribution in [3.63, 3.8) is 0 Å². The Bertz CT molecular complexity index is 651. The van der Waals surface area contributed by atoms with Crippen molar-refractivity contribution in [2.24, 2.45) is 7.05 Å². The van der Waals surface area contributed by atoms with Crippen LogP contribution in [0.4, 0.5) is 0 Å². The first kappa shape index (κ1) is 17.1. The minimum atomic E-state index is 0.0998. The average Bonchev–Trinajstić information content (AvgIpc) is 3.21. The fourth-order valence-corrected chi connectivity index (χ4v) is 3.31. The van der Waals surface area contributed by atoms with E-state index in [0.29, 0.717) is 0 Å². The molecule has 0 spiro atoms. The van der Waals surface area contributed by atoms with Gasteiger partial charge in [0.15, 0.2) is 0 Å². The molecule has 0 bridgehead atoms. The van der Waals surface area contributed by atoms with Crippen molar-refractivity contribution in [2.45, 2.75) is 38.6 Å². The molecule has 1 N–H and O–H groups in total. The van der Waals surface area contributed by atoms with Gasteiger partial charge in [-0.15, -0.1) is 0 Å². The zero-order valence-corrected chi connectivity index (χ0v) is 15.0. The molecule has 3 atom stereocenters. The van der Waals surface area contributed by atoms with E-state index < -0.39 is 0 Å². The second-order valence-electron chi connectivity index (χ2n) is 6.47. The molecule has 7 nitrogen and oxygen atoms in total. The van der Waals surface area contributed by atoms with Crippen molar-refractivity contribution in [1.82, 2.24) is 29.8 Å². The Morgan fingerprint density at radius 1 is 1.38 bits per heavy atom. The molecule has 1 fully saturated rings. The van der Waals surface area contributed by atoms with Gasteiger partial charge >= 0.3 is 0 Å². The molecular formula is C17H28N6O. The summed E-state index contributed by atoms with van der Waals surface area (Å²) in [4.78, 5) is 2.35. The van der Waals surface area contributed by atoms with Gasteiger partial charge in [-0.1, -0.05) is 0 Å². The predicted molar refractivity (Wildman–Crippen MR) is 92.6 cm³/mol. The molecule has 2 aromatic rings. The second-order valence-corrected chi connectivity index (χ2v) is 6.47. The molecule has 3 heterocycles. The van der Waals surface area contributed by atoms with Crippen LogP contribution in [-0.2, 0) is 18.3 Å². The minimum Gasteiger partial charge on any atom is -0.374 e. The molecule has 1 aliphatic rings. The number of aryl methyl sites for hydroxylation is 2. The predicted octanol–water partition coefficient (Wildman–Crippen LogP) is 1.36. The summed E-state index contributed by atoms with van der Waals surface area (Å²) in [6.45, 7) is 7.65. The Labute approximate surface area is 143 Å². The lowest BCUT2D eigenvalue weighted by Crippen LogP contribution is -2.48. The number of hydrogen-bond acceptors (Lipinski definition) is 5. The zero-order valence-electron chi connectivity index (χ0n) is 15.0. The van der Waals surface area contributed by atoms with Crippen LogP contribution in [0.2, 0.25) is 0 Å². The molecule has 1 aliphatic heterocycles. The Morgan fingerprint density at radius 2 is 2.21 bits per heavy atom. The first-order valence-electron chi connectivity index (χ1n) is 8.65. The number of nitrogens with zero attached hydrogens (tertiary/aromatic N) is 5. The maximum Gasteiger partial charge on any atom is 0.0911 e. The normalized spacial score (nSPS) is 23.5. The lowest BCUT2D eigenvalue weighted by atomic mass is 10.0. The Balaban J connectivity index is 1.66. The average molecular weight is 332 g/mol. The molecule has 0 saturated carbocycles. The number of aromatic nitrogens is 4. The summed E-state index contributed by atoms with van der Waals surface area (Å²) < 4.78 is 9.98. The number of rotatable bonds is 6. The van der Waals surface area contributed by atoms with E-state index >= 15 is 0 Å². The van der Waals surface area contributed by atoms with Gasteiger partial charge < -0.3 is 10.1 Å². The third-order valence-electron chi connectivity index (χ3n) is 4.87. The van der Waals surface area contributed by atoms with Gasteiger partial charge in [0, 0.05) is 50.7 Å². The molecule has 0 aromatic carbocycles. The first-order chi connectivity index (χ1) is 11.6. The van der Waals surface area contributed by atoms with E-state index in [0.717, 1.165) is 26.2 Å². The van der Waals surface area contributed by atoms with Crippen LogP contribution in [0.5, 0.6) is 0 Å². The third kappa shape index (κ3) is 3.53. The van der Waals surface area contributed by atoms with Crippen molar-refractivity contribution in [3.05, 3.63) is 35.9 Å². The monoisotopic (exact) mass is 332 g/mol. The highest BCUT2D eigenvalue weighted by molar-refractivity contribution is 5.12. The third-order valence-corrected chi connectivity index (χ3v) is 4.87. The van der Waals surface area contributed by atoms with Crippen LogP contribution in [0.3, 0.4) is 0 Å². The van der Waals surface area contributed by atoms with Gasteiger partial charge in [-0.3, -0.25) is 14.3 Å². The van der Waals surface area contributed by atoms with Gasteiger partial charge in [-0.25, -0.2) is 0 Å². The summed E-state index contributed by atoms with van der Waals surface area (Å²) >= 11 is 0. The molecule has 132 valence electrons. The molecule has 0 radical (unpaired) electrons. The molecule has 1 unspecified atom stereocenters. The summed E-state index contributed by atoms with van der Waals surface area (Å²) in [5, 5.41) is 12.3. The quantitative estimate of drug-likeness (QED) is 0.865. The SMILES string of the molecule is CCn1cc(C(C)NC[C@@H]2OCCN(C)[C@H]2c2ccnn2C)cn1. The molecule has 24 heavy (non-hydrogen) atoms. The Hall–Kier alpha value is -1.70. The molecule has 1 saturated heterocycles. The fourth-order valence-electron chi connectivity index (χ4n) is 3.31. The minimum absolute atomic E-state index is 0.0998. The standard InChI is InChI=1S/C17H28N6O/c1-5-23-12-14(10-20-23)13(2)18-11-16-17(21(3)8-9-24-16)15-6-7-19-22(15)4/h6-7,10,12-13,16-18H,5,8-9,11H2,1-4H3/t13?,16-,17-/m0/s1. The summed E-state index contributed by atoms with van der Waals surface area (Å²) in [6, 6.07) is 2.54. The second kappa shape index (κ2) is 7.46. The lowest BCUT2D eigenvalue weighted by molar-refractivity contribution is -0.0646. The van der Waals surface area contributed by atoms with E-state index in [4.69, 9.17) is 4.74 Å². The smallest absolute Gasteiger partial charge is 0.0911 e. The Kier molecular flexibility index (Phi) is 5.33.